The molecular weight excluding hydrogens is 431 g/mol. The van der Waals surface area contributed by atoms with Crippen LogP contribution in [0.3, 0.4) is 0 Å². The summed E-state index contributed by atoms with van der Waals surface area (Å²) in [6, 6.07) is 12.4. The number of benzene rings is 2. The predicted octanol–water partition coefficient (Wildman–Crippen LogP) is 6.01. The second-order valence-corrected chi connectivity index (χ2v) is 7.40. The lowest BCUT2D eigenvalue weighted by Gasteiger charge is -2.10. The zero-order valence-electron chi connectivity index (χ0n) is 17.7. The number of alkyl halides is 3. The van der Waals surface area contributed by atoms with E-state index in [4.69, 9.17) is 10.00 Å². The molecule has 2 aromatic carbocycles. The normalized spacial score (nSPS) is 11.9. The first-order chi connectivity index (χ1) is 15.8. The molecule has 5 nitrogen and oxygen atoms in total. The van der Waals surface area contributed by atoms with E-state index in [1.165, 1.54) is 18.2 Å². The molecule has 33 heavy (non-hydrogen) atoms. The first-order valence-corrected chi connectivity index (χ1v) is 10.3. The highest BCUT2D eigenvalue weighted by Gasteiger charge is 2.30. The SMILES string of the molecule is C=C=C[C@@H](C#N)CCC(=O)Nc1c[nH]c2ccc(CCOc3ccc(C(F)(F)F)cc3)cc12. The van der Waals surface area contributed by atoms with Gasteiger partial charge in [-0.25, -0.2) is 0 Å². The Balaban J connectivity index is 1.58. The first-order valence-electron chi connectivity index (χ1n) is 10.3. The Kier molecular flexibility index (Phi) is 7.60. The number of carbonyl (C=O) groups excluding carboxylic acids is 1. The quantitative estimate of drug-likeness (QED) is 0.390. The molecule has 0 saturated carbocycles. The largest absolute Gasteiger partial charge is 0.493 e. The van der Waals surface area contributed by atoms with Gasteiger partial charge >= 0.3 is 6.18 Å². The summed E-state index contributed by atoms with van der Waals surface area (Å²) in [6.45, 7) is 3.73. The van der Waals surface area contributed by atoms with Gasteiger partial charge in [0.2, 0.25) is 5.91 Å². The number of nitrogens with zero attached hydrogens (tertiary/aromatic N) is 1. The molecule has 1 heterocycles. The molecule has 3 rings (SSSR count). The number of aromatic nitrogens is 1. The van der Waals surface area contributed by atoms with Gasteiger partial charge in [0.05, 0.1) is 29.8 Å². The number of H-pyrrole nitrogens is 1. The molecule has 170 valence electrons. The zero-order chi connectivity index (χ0) is 23.8. The molecule has 8 heteroatoms. The highest BCUT2D eigenvalue weighted by Crippen LogP contribution is 2.30. The topological polar surface area (TPSA) is 77.9 Å². The zero-order valence-corrected chi connectivity index (χ0v) is 17.7. The number of aromatic amines is 1. The van der Waals surface area contributed by atoms with E-state index in [2.05, 4.69) is 28.7 Å². The summed E-state index contributed by atoms with van der Waals surface area (Å²) in [6.07, 6.45) is -0.0388. The Morgan fingerprint density at radius 3 is 2.67 bits per heavy atom. The number of rotatable bonds is 9. The maximum Gasteiger partial charge on any atom is 0.416 e. The maximum atomic E-state index is 12.6. The summed E-state index contributed by atoms with van der Waals surface area (Å²) in [5, 5.41) is 12.7. The number of nitriles is 1. The molecule has 2 N–H and O–H groups in total. The molecule has 1 atom stereocenters. The molecule has 0 unspecified atom stereocenters. The first kappa shape index (κ1) is 23.7. The molecule has 0 bridgehead atoms. The number of carbonyl (C=O) groups is 1. The second-order valence-electron chi connectivity index (χ2n) is 7.40. The smallest absolute Gasteiger partial charge is 0.416 e. The minimum Gasteiger partial charge on any atom is -0.493 e. The van der Waals surface area contributed by atoms with E-state index in [0.29, 0.717) is 24.3 Å². The standard InChI is InChI=1S/C25H22F3N3O2/c1-2-3-18(15-29)5-11-24(32)31-23-16-30-22-10-4-17(14-21(22)23)12-13-33-20-8-6-19(7-9-20)25(26,27)28/h3-4,6-10,14,16,18,30H,1,5,11-13H2,(H,31,32)/t18-/m1/s1. The average Bonchev–Trinajstić information content (AvgIpc) is 3.18. The van der Waals surface area contributed by atoms with Crippen LogP contribution in [0.1, 0.15) is 24.0 Å². The Bertz CT molecular complexity index is 1200. The number of fused-ring (bicyclic) bond motifs is 1. The third kappa shape index (κ3) is 6.52. The maximum absolute atomic E-state index is 12.6. The van der Waals surface area contributed by atoms with Crippen molar-refractivity contribution in [1.82, 2.24) is 4.98 Å². The van der Waals surface area contributed by atoms with Crippen LogP contribution in [0.4, 0.5) is 18.9 Å². The summed E-state index contributed by atoms with van der Waals surface area (Å²) in [4.78, 5) is 15.4. The van der Waals surface area contributed by atoms with E-state index >= 15 is 0 Å². The number of hydrogen-bond donors (Lipinski definition) is 2. The average molecular weight is 453 g/mol. The molecule has 3 aromatic rings. The summed E-state index contributed by atoms with van der Waals surface area (Å²) < 4.78 is 43.5. The van der Waals surface area contributed by atoms with Gasteiger partial charge in [0.1, 0.15) is 5.75 Å². The van der Waals surface area contributed by atoms with Crippen LogP contribution in [0.2, 0.25) is 0 Å². The lowest BCUT2D eigenvalue weighted by molar-refractivity contribution is -0.137. The second kappa shape index (κ2) is 10.6. The van der Waals surface area contributed by atoms with E-state index in [9.17, 15) is 18.0 Å². The molecule has 0 aliphatic rings. The van der Waals surface area contributed by atoms with Crippen LogP contribution in [0, 0.1) is 17.2 Å². The molecule has 1 amide bonds. The molecule has 0 aliphatic carbocycles. The van der Waals surface area contributed by atoms with Crippen molar-refractivity contribution in [3.63, 3.8) is 0 Å². The van der Waals surface area contributed by atoms with Gasteiger partial charge in [0.25, 0.3) is 0 Å². The fourth-order valence-corrected chi connectivity index (χ4v) is 3.28. The lowest BCUT2D eigenvalue weighted by atomic mass is 10.0. The minimum atomic E-state index is -4.38. The monoisotopic (exact) mass is 453 g/mol. The van der Waals surface area contributed by atoms with Crippen LogP contribution in [-0.2, 0) is 17.4 Å². The number of amides is 1. The minimum absolute atomic E-state index is 0.184. The number of hydrogen-bond acceptors (Lipinski definition) is 3. The van der Waals surface area contributed by atoms with Crippen molar-refractivity contribution in [3.8, 4) is 11.8 Å². The molecule has 0 aliphatic heterocycles. The van der Waals surface area contributed by atoms with Crippen LogP contribution < -0.4 is 10.1 Å². The van der Waals surface area contributed by atoms with E-state index in [-0.39, 0.29) is 18.9 Å². The number of halogens is 3. The van der Waals surface area contributed by atoms with Crippen molar-refractivity contribution in [2.24, 2.45) is 5.92 Å². The Morgan fingerprint density at radius 2 is 2.00 bits per heavy atom. The Morgan fingerprint density at radius 1 is 1.24 bits per heavy atom. The Hall–Kier alpha value is -3.95. The van der Waals surface area contributed by atoms with Gasteiger partial charge < -0.3 is 15.0 Å². The molecule has 1 aromatic heterocycles. The van der Waals surface area contributed by atoms with Crippen molar-refractivity contribution in [2.45, 2.75) is 25.4 Å². The van der Waals surface area contributed by atoms with Crippen molar-refractivity contribution in [2.75, 3.05) is 11.9 Å². The molecule has 0 fully saturated rings. The van der Waals surface area contributed by atoms with Crippen LogP contribution in [0.25, 0.3) is 10.9 Å². The third-order valence-corrected chi connectivity index (χ3v) is 5.03. The Labute approximate surface area is 189 Å². The van der Waals surface area contributed by atoms with E-state index in [1.807, 2.05) is 18.2 Å². The van der Waals surface area contributed by atoms with E-state index < -0.39 is 17.7 Å². The summed E-state index contributed by atoms with van der Waals surface area (Å²) in [5.74, 6) is -0.252. The fourth-order valence-electron chi connectivity index (χ4n) is 3.28. The van der Waals surface area contributed by atoms with Crippen LogP contribution in [-0.4, -0.2) is 17.5 Å². The molecule has 0 radical (unpaired) electrons. The van der Waals surface area contributed by atoms with Gasteiger partial charge in [-0.3, -0.25) is 4.79 Å². The highest BCUT2D eigenvalue weighted by molar-refractivity contribution is 6.01. The molecule has 0 spiro atoms. The fraction of sp³-hybridized carbons (Fsp3) is 0.240. The van der Waals surface area contributed by atoms with Crippen molar-refractivity contribution in [3.05, 3.63) is 78.2 Å². The van der Waals surface area contributed by atoms with Crippen LogP contribution in [0.15, 0.2) is 67.0 Å². The van der Waals surface area contributed by atoms with E-state index in [1.54, 1.807) is 6.20 Å². The lowest BCUT2D eigenvalue weighted by Crippen LogP contribution is -2.12. The van der Waals surface area contributed by atoms with E-state index in [0.717, 1.165) is 28.6 Å². The summed E-state index contributed by atoms with van der Waals surface area (Å²) in [5.41, 5.74) is 4.28. The van der Waals surface area contributed by atoms with Crippen molar-refractivity contribution >= 4 is 22.5 Å². The van der Waals surface area contributed by atoms with Gasteiger partial charge in [0, 0.05) is 29.9 Å². The van der Waals surface area contributed by atoms with Crippen LogP contribution >= 0.6 is 0 Å². The van der Waals surface area contributed by atoms with Gasteiger partial charge in [0.15, 0.2) is 0 Å². The molecular formula is C25H22F3N3O2. The van der Waals surface area contributed by atoms with Gasteiger partial charge in [-0.2, -0.15) is 18.4 Å². The van der Waals surface area contributed by atoms with Gasteiger partial charge in [-0.1, -0.05) is 12.6 Å². The highest BCUT2D eigenvalue weighted by atomic mass is 19.4. The van der Waals surface area contributed by atoms with Crippen molar-refractivity contribution < 1.29 is 22.7 Å². The van der Waals surface area contributed by atoms with Crippen molar-refractivity contribution in [1.29, 1.82) is 5.26 Å². The number of nitrogens with one attached hydrogen (secondary N) is 2. The summed E-state index contributed by atoms with van der Waals surface area (Å²) in [7, 11) is 0. The van der Waals surface area contributed by atoms with Gasteiger partial charge in [-0.05, 0) is 54.5 Å². The van der Waals surface area contributed by atoms with Crippen LogP contribution in [0.5, 0.6) is 5.75 Å². The predicted molar refractivity (Wildman–Crippen MR) is 120 cm³/mol. The number of ether oxygens (including phenoxy) is 1. The summed E-state index contributed by atoms with van der Waals surface area (Å²) >= 11 is 0. The number of allylic oxidation sites excluding steroid dienone is 1. The molecule has 0 saturated heterocycles. The third-order valence-electron chi connectivity index (χ3n) is 5.03. The number of anilines is 1. The van der Waals surface area contributed by atoms with Gasteiger partial charge in [-0.15, -0.1) is 5.73 Å².